The Bertz CT molecular complexity index is 464. The quantitative estimate of drug-likeness (QED) is 0.0546. The maximum absolute atomic E-state index is 4.93. The first-order chi connectivity index (χ1) is 26.2. The minimum atomic E-state index is -0.826. The summed E-state index contributed by atoms with van der Waals surface area (Å²) in [5.41, 5.74) is 0. The van der Waals surface area contributed by atoms with Crippen molar-refractivity contribution in [3.05, 3.63) is 10.6 Å². The SMILES string of the molecule is CCCCCCCCCCCC[N-]CCCCCCCCCCCC.CCCCCCCCCCCC[N-]CCCCCCCCCCCC.[Cl][Zr+2][Cl]. The Balaban J connectivity index is -0.000000877. The van der Waals surface area contributed by atoms with Gasteiger partial charge in [-0.3, -0.25) is 0 Å². The molecule has 0 aromatic heterocycles. The second-order valence-electron chi connectivity index (χ2n) is 16.1. The van der Waals surface area contributed by atoms with E-state index in [1.807, 2.05) is 0 Å². The van der Waals surface area contributed by atoms with Crippen LogP contribution in [0.15, 0.2) is 0 Å². The zero-order chi connectivity index (χ0) is 39.2. The van der Waals surface area contributed by atoms with Crippen LogP contribution in [0, 0.1) is 0 Å². The van der Waals surface area contributed by atoms with Crippen molar-refractivity contribution in [2.24, 2.45) is 0 Å². The molecule has 320 valence electrons. The molecule has 0 unspecified atom stereocenters. The molecule has 0 spiro atoms. The van der Waals surface area contributed by atoms with E-state index in [4.69, 9.17) is 27.7 Å². The molecule has 0 fully saturated rings. The number of rotatable bonds is 44. The van der Waals surface area contributed by atoms with Gasteiger partial charge >= 0.3 is 37.9 Å². The number of halogens is 2. The molecule has 0 atom stereocenters. The predicted molar refractivity (Wildman–Crippen MR) is 245 cm³/mol. The molecule has 0 heterocycles. The number of hydrogen-bond donors (Lipinski definition) is 0. The fourth-order valence-corrected chi connectivity index (χ4v) is 7.07. The third kappa shape index (κ3) is 68.4. The van der Waals surface area contributed by atoms with Crippen molar-refractivity contribution in [2.75, 3.05) is 26.2 Å². The number of unbranched alkanes of at least 4 members (excludes halogenated alkanes) is 36. The molecule has 5 heteroatoms. The van der Waals surface area contributed by atoms with E-state index in [1.54, 1.807) is 0 Å². The summed E-state index contributed by atoms with van der Waals surface area (Å²) in [6, 6.07) is 0. The maximum atomic E-state index is 4.93. The van der Waals surface area contributed by atoms with E-state index in [1.165, 1.54) is 257 Å². The molecule has 0 aliphatic rings. The summed E-state index contributed by atoms with van der Waals surface area (Å²) in [7, 11) is 9.87. The second kappa shape index (κ2) is 62.6. The molecular weight excluding hydrogens is 767 g/mol. The van der Waals surface area contributed by atoms with E-state index >= 15 is 0 Å². The van der Waals surface area contributed by atoms with Gasteiger partial charge in [0.15, 0.2) is 0 Å². The molecule has 0 saturated heterocycles. The Hall–Kier alpha value is 1.38. The third-order valence-corrected chi connectivity index (χ3v) is 10.7. The van der Waals surface area contributed by atoms with Crippen molar-refractivity contribution in [2.45, 2.75) is 285 Å². The number of nitrogens with zero attached hydrogens (tertiary/aromatic N) is 2. The molecule has 53 heavy (non-hydrogen) atoms. The monoisotopic (exact) mass is 865 g/mol. The molecule has 0 rings (SSSR count). The first kappa shape index (κ1) is 58.7. The van der Waals surface area contributed by atoms with Crippen LogP contribution in [0.3, 0.4) is 0 Å². The van der Waals surface area contributed by atoms with Crippen LogP contribution >= 0.6 is 17.0 Å². The summed E-state index contributed by atoms with van der Waals surface area (Å²) >= 11 is -0.826. The van der Waals surface area contributed by atoms with Crippen LogP contribution in [-0.2, 0) is 20.8 Å². The molecule has 0 aromatic rings. The van der Waals surface area contributed by atoms with Crippen LogP contribution in [-0.4, -0.2) is 26.2 Å². The van der Waals surface area contributed by atoms with Gasteiger partial charge in [-0.15, -0.1) is 26.2 Å². The van der Waals surface area contributed by atoms with Crippen molar-refractivity contribution in [3.63, 3.8) is 0 Å². The molecule has 2 nitrogen and oxygen atoms in total. The zero-order valence-corrected chi connectivity index (χ0v) is 41.2. The van der Waals surface area contributed by atoms with E-state index < -0.39 is 20.8 Å². The van der Waals surface area contributed by atoms with Gasteiger partial charge in [0.2, 0.25) is 0 Å². The van der Waals surface area contributed by atoms with Crippen molar-refractivity contribution in [1.29, 1.82) is 0 Å². The van der Waals surface area contributed by atoms with Crippen molar-refractivity contribution < 1.29 is 20.8 Å². The molecule has 0 amide bonds. The van der Waals surface area contributed by atoms with E-state index in [9.17, 15) is 0 Å². The van der Waals surface area contributed by atoms with Gasteiger partial charge in [-0.05, 0) is 0 Å². The summed E-state index contributed by atoms with van der Waals surface area (Å²) in [4.78, 5) is 0. The van der Waals surface area contributed by atoms with Gasteiger partial charge in [-0.2, -0.15) is 0 Å². The van der Waals surface area contributed by atoms with E-state index in [-0.39, 0.29) is 0 Å². The molecule has 0 aliphatic heterocycles. The normalized spacial score (nSPS) is 10.8. The Morgan fingerprint density at radius 1 is 0.226 bits per heavy atom. The first-order valence-corrected chi connectivity index (χ1v) is 30.8. The molecule has 0 aliphatic carbocycles. The van der Waals surface area contributed by atoms with Crippen LogP contribution in [0.25, 0.3) is 10.6 Å². The van der Waals surface area contributed by atoms with Gasteiger partial charge in [0, 0.05) is 0 Å². The van der Waals surface area contributed by atoms with E-state index in [2.05, 4.69) is 27.7 Å². The fraction of sp³-hybridized carbons (Fsp3) is 1.00. The Morgan fingerprint density at radius 3 is 0.472 bits per heavy atom. The van der Waals surface area contributed by atoms with Gasteiger partial charge in [0.25, 0.3) is 0 Å². The van der Waals surface area contributed by atoms with E-state index in [0.29, 0.717) is 0 Å². The average Bonchev–Trinajstić information content (AvgIpc) is 3.16. The Labute approximate surface area is 356 Å². The molecule has 0 bridgehead atoms. The van der Waals surface area contributed by atoms with Gasteiger partial charge in [0.1, 0.15) is 0 Å². The molecule has 0 radical (unpaired) electrons. The van der Waals surface area contributed by atoms with Crippen molar-refractivity contribution in [3.8, 4) is 0 Å². The topological polar surface area (TPSA) is 28.2 Å². The molecular formula is C48H100Cl2N2Zr. The molecule has 0 saturated carbocycles. The predicted octanol–water partition coefficient (Wildman–Crippen LogP) is 19.8. The van der Waals surface area contributed by atoms with Crippen LogP contribution in [0.2, 0.25) is 0 Å². The van der Waals surface area contributed by atoms with Crippen LogP contribution in [0.4, 0.5) is 0 Å². The summed E-state index contributed by atoms with van der Waals surface area (Å²) in [5.74, 6) is 0. The van der Waals surface area contributed by atoms with Gasteiger partial charge in [-0.1, -0.05) is 285 Å². The van der Waals surface area contributed by atoms with Crippen molar-refractivity contribution in [1.82, 2.24) is 0 Å². The Morgan fingerprint density at radius 2 is 0.340 bits per heavy atom. The average molecular weight is 867 g/mol. The summed E-state index contributed by atoms with van der Waals surface area (Å²) in [6.45, 7) is 13.6. The minimum absolute atomic E-state index is 0.826. The molecule has 0 N–H and O–H groups in total. The fourth-order valence-electron chi connectivity index (χ4n) is 7.07. The standard InChI is InChI=1S/2C24H50N.2ClH.Zr/c2*1-3-5-7-9-11-13-15-17-19-21-23-25-24-22-20-18-16-14-12-10-8-6-4-2;;;/h2*3-24H2,1-2H3;2*1H;/q2*-1;;;+4/p-2. The summed E-state index contributed by atoms with van der Waals surface area (Å²) in [5, 5.41) is 9.41. The van der Waals surface area contributed by atoms with Crippen molar-refractivity contribution >= 4 is 17.0 Å². The zero-order valence-electron chi connectivity index (χ0n) is 37.3. The first-order valence-electron chi connectivity index (χ1n) is 24.5. The van der Waals surface area contributed by atoms with Gasteiger partial charge in [0.05, 0.1) is 0 Å². The number of hydrogen-bond acceptors (Lipinski definition) is 0. The summed E-state index contributed by atoms with van der Waals surface area (Å²) in [6.07, 6.45) is 56.9. The van der Waals surface area contributed by atoms with Gasteiger partial charge < -0.3 is 10.6 Å². The van der Waals surface area contributed by atoms with E-state index in [0.717, 1.165) is 26.2 Å². The Kier molecular flexibility index (Phi) is 69.3. The van der Waals surface area contributed by atoms with Gasteiger partial charge in [-0.25, -0.2) is 0 Å². The van der Waals surface area contributed by atoms with Crippen LogP contribution in [0.5, 0.6) is 0 Å². The van der Waals surface area contributed by atoms with Crippen LogP contribution in [0.1, 0.15) is 285 Å². The van der Waals surface area contributed by atoms with Crippen LogP contribution < -0.4 is 0 Å². The second-order valence-corrected chi connectivity index (χ2v) is 19.9. The molecule has 0 aromatic carbocycles. The summed E-state index contributed by atoms with van der Waals surface area (Å²) < 4.78 is 0. The third-order valence-electron chi connectivity index (χ3n) is 10.7.